The summed E-state index contributed by atoms with van der Waals surface area (Å²) in [5.74, 6) is -1.77. The summed E-state index contributed by atoms with van der Waals surface area (Å²) in [7, 11) is 1.18. The van der Waals surface area contributed by atoms with Crippen LogP contribution in [0.1, 0.15) is 26.2 Å². The number of imide groups is 1. The molecule has 0 aromatic heterocycles. The van der Waals surface area contributed by atoms with Crippen molar-refractivity contribution in [2.75, 3.05) is 13.7 Å². The molecule has 7 heteroatoms. The van der Waals surface area contributed by atoms with Crippen LogP contribution >= 0.6 is 0 Å². The molecule has 100 valence electrons. The Labute approximate surface area is 104 Å². The van der Waals surface area contributed by atoms with Crippen LogP contribution in [0.2, 0.25) is 0 Å². The molecule has 0 aromatic rings. The van der Waals surface area contributed by atoms with E-state index in [1.807, 2.05) is 0 Å². The van der Waals surface area contributed by atoms with Gasteiger partial charge in [0.15, 0.2) is 0 Å². The number of methoxy groups -OCH3 is 1. The summed E-state index contributed by atoms with van der Waals surface area (Å²) in [6, 6.07) is -1.02. The fourth-order valence-electron chi connectivity index (χ4n) is 1.75. The molecule has 1 saturated heterocycles. The number of esters is 1. The Morgan fingerprint density at radius 1 is 1.33 bits per heavy atom. The van der Waals surface area contributed by atoms with Crippen LogP contribution in [-0.2, 0) is 23.9 Å². The zero-order valence-corrected chi connectivity index (χ0v) is 10.4. The van der Waals surface area contributed by atoms with Crippen LogP contribution in [0, 0.1) is 0 Å². The van der Waals surface area contributed by atoms with Gasteiger partial charge in [0.2, 0.25) is 17.7 Å². The van der Waals surface area contributed by atoms with Gasteiger partial charge < -0.3 is 10.1 Å². The molecule has 1 rings (SSSR count). The fourth-order valence-corrected chi connectivity index (χ4v) is 1.75. The number of likely N-dealkylation sites (tertiary alicyclic amines) is 1. The van der Waals surface area contributed by atoms with Crippen molar-refractivity contribution >= 4 is 23.7 Å². The molecule has 1 heterocycles. The molecule has 1 atom stereocenters. The zero-order valence-electron chi connectivity index (χ0n) is 10.4. The lowest BCUT2D eigenvalue weighted by molar-refractivity contribution is -0.152. The highest BCUT2D eigenvalue weighted by Crippen LogP contribution is 2.12. The van der Waals surface area contributed by atoms with Crippen LogP contribution < -0.4 is 5.32 Å². The number of amides is 3. The topological polar surface area (TPSA) is 92.8 Å². The van der Waals surface area contributed by atoms with Crippen molar-refractivity contribution in [2.24, 2.45) is 0 Å². The summed E-state index contributed by atoms with van der Waals surface area (Å²) in [6.45, 7) is 1.07. The molecule has 0 aromatic carbocycles. The molecule has 1 unspecified atom stereocenters. The molecule has 7 nitrogen and oxygen atoms in total. The first kappa shape index (κ1) is 14.1. The van der Waals surface area contributed by atoms with Gasteiger partial charge in [-0.3, -0.25) is 19.3 Å². The third-order valence-corrected chi connectivity index (χ3v) is 2.61. The SMILES string of the molecule is COC(=O)C(CN1C(=O)CCCC1=O)NC(C)=O. The molecule has 0 spiro atoms. The van der Waals surface area contributed by atoms with Crippen LogP contribution in [0.4, 0.5) is 0 Å². The Balaban J connectivity index is 2.74. The highest BCUT2D eigenvalue weighted by molar-refractivity contribution is 5.98. The molecule has 0 aliphatic carbocycles. The monoisotopic (exact) mass is 256 g/mol. The fraction of sp³-hybridized carbons (Fsp3) is 0.636. The Morgan fingerprint density at radius 3 is 2.33 bits per heavy atom. The molecule has 3 amide bonds. The highest BCUT2D eigenvalue weighted by Gasteiger charge is 2.31. The molecule has 1 aliphatic heterocycles. The minimum absolute atomic E-state index is 0.177. The first-order valence-electron chi connectivity index (χ1n) is 5.64. The van der Waals surface area contributed by atoms with Gasteiger partial charge in [-0.15, -0.1) is 0 Å². The number of nitrogens with zero attached hydrogens (tertiary/aromatic N) is 1. The first-order chi connectivity index (χ1) is 8.45. The van der Waals surface area contributed by atoms with E-state index in [9.17, 15) is 19.2 Å². The Kier molecular flexibility index (Phi) is 4.82. The van der Waals surface area contributed by atoms with E-state index in [0.29, 0.717) is 6.42 Å². The maximum atomic E-state index is 11.6. The van der Waals surface area contributed by atoms with E-state index < -0.39 is 17.9 Å². The van der Waals surface area contributed by atoms with E-state index in [2.05, 4.69) is 10.1 Å². The summed E-state index contributed by atoms with van der Waals surface area (Å²) >= 11 is 0. The van der Waals surface area contributed by atoms with Gasteiger partial charge in [-0.25, -0.2) is 4.79 Å². The summed E-state index contributed by atoms with van der Waals surface area (Å²) in [4.78, 5) is 46.6. The number of hydrogen-bond donors (Lipinski definition) is 1. The van der Waals surface area contributed by atoms with Crippen molar-refractivity contribution in [2.45, 2.75) is 32.2 Å². The van der Waals surface area contributed by atoms with E-state index in [-0.39, 0.29) is 31.2 Å². The number of rotatable bonds is 4. The smallest absolute Gasteiger partial charge is 0.330 e. The summed E-state index contributed by atoms with van der Waals surface area (Å²) in [6.07, 6.45) is 1.08. The molecule has 0 saturated carbocycles. The molecule has 1 aliphatic rings. The lowest BCUT2D eigenvalue weighted by atomic mass is 10.1. The first-order valence-corrected chi connectivity index (χ1v) is 5.64. The second-order valence-electron chi connectivity index (χ2n) is 4.03. The largest absolute Gasteiger partial charge is 0.467 e. The van der Waals surface area contributed by atoms with Crippen molar-refractivity contribution in [3.8, 4) is 0 Å². The Morgan fingerprint density at radius 2 is 1.89 bits per heavy atom. The second-order valence-corrected chi connectivity index (χ2v) is 4.03. The summed E-state index contributed by atoms with van der Waals surface area (Å²) < 4.78 is 4.52. The number of nitrogens with one attached hydrogen (secondary N) is 1. The van der Waals surface area contributed by atoms with Crippen LogP contribution in [0.25, 0.3) is 0 Å². The highest BCUT2D eigenvalue weighted by atomic mass is 16.5. The average molecular weight is 256 g/mol. The van der Waals surface area contributed by atoms with E-state index >= 15 is 0 Å². The van der Waals surface area contributed by atoms with Gasteiger partial charge in [0.1, 0.15) is 6.04 Å². The van der Waals surface area contributed by atoms with Crippen molar-refractivity contribution < 1.29 is 23.9 Å². The van der Waals surface area contributed by atoms with Gasteiger partial charge in [0.25, 0.3) is 0 Å². The molecule has 0 bridgehead atoms. The lowest BCUT2D eigenvalue weighted by Crippen LogP contribution is -2.52. The Bertz CT molecular complexity index is 364. The average Bonchev–Trinajstić information content (AvgIpc) is 2.31. The van der Waals surface area contributed by atoms with Crippen LogP contribution in [0.15, 0.2) is 0 Å². The number of carbonyl (C=O) groups excluding carboxylic acids is 4. The maximum Gasteiger partial charge on any atom is 0.330 e. The van der Waals surface area contributed by atoms with E-state index in [1.54, 1.807) is 0 Å². The molecule has 1 fully saturated rings. The summed E-state index contributed by atoms with van der Waals surface area (Å²) in [5, 5.41) is 2.36. The van der Waals surface area contributed by atoms with Crippen molar-refractivity contribution in [1.29, 1.82) is 0 Å². The van der Waals surface area contributed by atoms with Gasteiger partial charge >= 0.3 is 5.97 Å². The van der Waals surface area contributed by atoms with Crippen molar-refractivity contribution in [3.05, 3.63) is 0 Å². The van der Waals surface area contributed by atoms with E-state index in [4.69, 9.17) is 0 Å². The lowest BCUT2D eigenvalue weighted by Gasteiger charge is -2.28. The number of carbonyl (C=O) groups is 4. The third kappa shape index (κ3) is 3.54. The van der Waals surface area contributed by atoms with Crippen molar-refractivity contribution in [3.63, 3.8) is 0 Å². The molecule has 18 heavy (non-hydrogen) atoms. The molecular formula is C11H16N2O5. The van der Waals surface area contributed by atoms with Gasteiger partial charge in [-0.05, 0) is 6.42 Å². The number of piperidine rings is 1. The zero-order chi connectivity index (χ0) is 13.7. The van der Waals surface area contributed by atoms with E-state index in [0.717, 1.165) is 4.90 Å². The van der Waals surface area contributed by atoms with Crippen LogP contribution in [-0.4, -0.2) is 48.3 Å². The minimum Gasteiger partial charge on any atom is -0.467 e. The second kappa shape index (κ2) is 6.13. The van der Waals surface area contributed by atoms with Crippen LogP contribution in [0.5, 0.6) is 0 Å². The number of ether oxygens (including phenoxy) is 1. The molecule has 1 N–H and O–H groups in total. The minimum atomic E-state index is -1.02. The number of hydrogen-bond acceptors (Lipinski definition) is 5. The third-order valence-electron chi connectivity index (χ3n) is 2.61. The normalized spacial score (nSPS) is 17.3. The molecular weight excluding hydrogens is 240 g/mol. The standard InChI is InChI=1S/C11H16N2O5/c1-7(14)12-8(11(17)18-2)6-13-9(15)4-3-5-10(13)16/h8H,3-6H2,1-2H3,(H,12,14). The van der Waals surface area contributed by atoms with Gasteiger partial charge in [0.05, 0.1) is 13.7 Å². The predicted octanol–water partition coefficient (Wildman–Crippen LogP) is -0.797. The van der Waals surface area contributed by atoms with E-state index in [1.165, 1.54) is 14.0 Å². The van der Waals surface area contributed by atoms with Crippen LogP contribution in [0.3, 0.4) is 0 Å². The summed E-state index contributed by atoms with van der Waals surface area (Å²) in [5.41, 5.74) is 0. The molecule has 0 radical (unpaired) electrons. The predicted molar refractivity (Wildman–Crippen MR) is 60.2 cm³/mol. The maximum absolute atomic E-state index is 11.6. The van der Waals surface area contributed by atoms with Gasteiger partial charge in [0, 0.05) is 19.8 Å². The van der Waals surface area contributed by atoms with Gasteiger partial charge in [-0.2, -0.15) is 0 Å². The quantitative estimate of drug-likeness (QED) is 0.525. The Hall–Kier alpha value is -1.92. The van der Waals surface area contributed by atoms with Gasteiger partial charge in [-0.1, -0.05) is 0 Å². The van der Waals surface area contributed by atoms with Crippen molar-refractivity contribution in [1.82, 2.24) is 10.2 Å².